The molecule has 1 aromatic rings. The van der Waals surface area contributed by atoms with Crippen molar-refractivity contribution in [3.05, 3.63) is 47.3 Å². The van der Waals surface area contributed by atoms with E-state index in [1.54, 1.807) is 30.2 Å². The minimum atomic E-state index is -0.364. The van der Waals surface area contributed by atoms with Crippen LogP contribution in [0.25, 0.3) is 0 Å². The third kappa shape index (κ3) is 4.69. The van der Waals surface area contributed by atoms with E-state index in [1.165, 1.54) is 19.2 Å². The van der Waals surface area contributed by atoms with Crippen molar-refractivity contribution < 1.29 is 14.3 Å². The Morgan fingerprint density at radius 3 is 2.72 bits per heavy atom. The lowest BCUT2D eigenvalue weighted by Crippen LogP contribution is -2.22. The molecule has 7 nitrogen and oxygen atoms in total. The molecule has 0 saturated heterocycles. The summed E-state index contributed by atoms with van der Waals surface area (Å²) in [6, 6.07) is 3.34. The number of rotatable bonds is 8. The summed E-state index contributed by atoms with van der Waals surface area (Å²) in [6.45, 7) is 1.74. The van der Waals surface area contributed by atoms with Crippen LogP contribution in [0.4, 0.5) is 5.69 Å². The number of methoxy groups -OCH3 is 1. The van der Waals surface area contributed by atoms with Crippen molar-refractivity contribution in [1.82, 2.24) is 10.2 Å². The molecule has 1 aromatic carbocycles. The van der Waals surface area contributed by atoms with Gasteiger partial charge in [0.15, 0.2) is 0 Å². The number of carbonyl (C=O) groups excluding carboxylic acids is 2. The molecule has 1 aliphatic carbocycles. The molecule has 25 heavy (non-hydrogen) atoms. The van der Waals surface area contributed by atoms with Gasteiger partial charge < -0.3 is 26.1 Å². The third-order valence-corrected chi connectivity index (χ3v) is 3.81. The summed E-state index contributed by atoms with van der Waals surface area (Å²) in [5.41, 5.74) is 7.51. The second kappa shape index (κ2) is 8.14. The molecule has 0 aromatic heterocycles. The first-order valence-corrected chi connectivity index (χ1v) is 7.87. The van der Waals surface area contributed by atoms with Crippen molar-refractivity contribution in [2.75, 3.05) is 12.8 Å². The Kier molecular flexibility index (Phi) is 5.94. The maximum absolute atomic E-state index is 12.4. The van der Waals surface area contributed by atoms with Crippen molar-refractivity contribution >= 4 is 24.2 Å². The van der Waals surface area contributed by atoms with E-state index >= 15 is 0 Å². The summed E-state index contributed by atoms with van der Waals surface area (Å²) in [5, 5.41) is 10.1. The number of carbonyl (C=O) groups is 2. The Balaban J connectivity index is 2.10. The number of nitrogens with one attached hydrogen (secondary N) is 2. The lowest BCUT2D eigenvalue weighted by molar-refractivity contribution is -0.116. The maximum atomic E-state index is 12.4. The number of hydrogen-bond acceptors (Lipinski definition) is 5. The molecule has 1 aliphatic rings. The summed E-state index contributed by atoms with van der Waals surface area (Å²) in [4.78, 5) is 25.0. The second-order valence-electron chi connectivity index (χ2n) is 5.75. The van der Waals surface area contributed by atoms with Gasteiger partial charge in [-0.2, -0.15) is 0 Å². The predicted molar refractivity (Wildman–Crippen MR) is 96.6 cm³/mol. The van der Waals surface area contributed by atoms with E-state index in [9.17, 15) is 9.59 Å². The molecule has 0 bridgehead atoms. The minimum Gasteiger partial charge on any atom is -0.496 e. The number of nitrogens with zero attached hydrogens (tertiary/aromatic N) is 1. The standard InChI is InChI=1S/C18H22N4O3/c1-12(4-3-7-22(11-23)14-5-6-14)21-18(24)15-8-13(10-19)16(20)9-17(15)25-2/h3-4,7-11,14,19H,5-6,20H2,1-2H3,(H,21,24)/b7-3-,12-4+,19-10?. The van der Waals surface area contributed by atoms with Gasteiger partial charge in [0.1, 0.15) is 5.75 Å². The molecule has 2 amide bonds. The van der Waals surface area contributed by atoms with Gasteiger partial charge in [-0.05, 0) is 38.0 Å². The first kappa shape index (κ1) is 18.3. The summed E-state index contributed by atoms with van der Waals surface area (Å²) >= 11 is 0. The minimum absolute atomic E-state index is 0.291. The molecule has 1 fully saturated rings. The van der Waals surface area contributed by atoms with Crippen LogP contribution in [0, 0.1) is 5.41 Å². The van der Waals surface area contributed by atoms with Gasteiger partial charge in [0, 0.05) is 41.5 Å². The topological polar surface area (TPSA) is 109 Å². The van der Waals surface area contributed by atoms with E-state index in [2.05, 4.69) is 5.32 Å². The molecule has 0 radical (unpaired) electrons. The monoisotopic (exact) mass is 342 g/mol. The molecule has 4 N–H and O–H groups in total. The number of amides is 2. The molecule has 132 valence electrons. The van der Waals surface area contributed by atoms with Crippen LogP contribution in [-0.2, 0) is 4.79 Å². The third-order valence-electron chi connectivity index (χ3n) is 3.81. The molecule has 0 spiro atoms. The molecule has 2 rings (SSSR count). The van der Waals surface area contributed by atoms with Gasteiger partial charge in [-0.15, -0.1) is 0 Å². The SMILES string of the molecule is COc1cc(N)c(C=N)cc1C(=O)N/C(C)=C/C=C\N(C=O)C1CC1. The van der Waals surface area contributed by atoms with E-state index in [0.29, 0.717) is 34.3 Å². The number of nitrogen functional groups attached to an aromatic ring is 1. The average molecular weight is 342 g/mol. The number of benzene rings is 1. The Hall–Kier alpha value is -3.09. The summed E-state index contributed by atoms with van der Waals surface area (Å²) in [7, 11) is 1.45. The fraction of sp³-hybridized carbons (Fsp3) is 0.278. The number of allylic oxidation sites excluding steroid dienone is 3. The first-order valence-electron chi connectivity index (χ1n) is 7.87. The van der Waals surface area contributed by atoms with Crippen molar-refractivity contribution in [2.24, 2.45) is 0 Å². The zero-order chi connectivity index (χ0) is 18.4. The van der Waals surface area contributed by atoms with Gasteiger partial charge in [-0.25, -0.2) is 0 Å². The molecule has 7 heteroatoms. The molecule has 0 unspecified atom stereocenters. The highest BCUT2D eigenvalue weighted by atomic mass is 16.5. The largest absolute Gasteiger partial charge is 0.496 e. The highest BCUT2D eigenvalue weighted by molar-refractivity contribution is 6.01. The number of anilines is 1. The predicted octanol–water partition coefficient (Wildman–Crippen LogP) is 2.04. The van der Waals surface area contributed by atoms with E-state index in [1.807, 2.05) is 0 Å². The van der Waals surface area contributed by atoms with Crippen molar-refractivity contribution in [3.63, 3.8) is 0 Å². The van der Waals surface area contributed by atoms with E-state index in [-0.39, 0.29) is 5.91 Å². The zero-order valence-electron chi connectivity index (χ0n) is 14.3. The lowest BCUT2D eigenvalue weighted by Gasteiger charge is -2.12. The first-order chi connectivity index (χ1) is 12.0. The van der Waals surface area contributed by atoms with Gasteiger partial charge in [-0.1, -0.05) is 0 Å². The number of hydrogen-bond donors (Lipinski definition) is 3. The lowest BCUT2D eigenvalue weighted by atomic mass is 10.1. The second-order valence-corrected chi connectivity index (χ2v) is 5.75. The van der Waals surface area contributed by atoms with Crippen LogP contribution in [0.5, 0.6) is 5.75 Å². The van der Waals surface area contributed by atoms with Crippen molar-refractivity contribution in [2.45, 2.75) is 25.8 Å². The van der Waals surface area contributed by atoms with Crippen LogP contribution in [0.1, 0.15) is 35.7 Å². The van der Waals surface area contributed by atoms with Gasteiger partial charge in [-0.3, -0.25) is 9.59 Å². The maximum Gasteiger partial charge on any atom is 0.259 e. The van der Waals surface area contributed by atoms with Crippen LogP contribution in [0.15, 0.2) is 36.2 Å². The molecular formula is C18H22N4O3. The Labute approximate surface area is 146 Å². The van der Waals surface area contributed by atoms with E-state index in [0.717, 1.165) is 25.5 Å². The Bertz CT molecular complexity index is 736. The highest BCUT2D eigenvalue weighted by Gasteiger charge is 2.26. The number of ether oxygens (including phenoxy) is 1. The summed E-state index contributed by atoms with van der Waals surface area (Å²) < 4.78 is 5.19. The van der Waals surface area contributed by atoms with Crippen molar-refractivity contribution in [1.29, 1.82) is 5.41 Å². The van der Waals surface area contributed by atoms with Crippen molar-refractivity contribution in [3.8, 4) is 5.75 Å². The van der Waals surface area contributed by atoms with Crippen LogP contribution in [0.3, 0.4) is 0 Å². The van der Waals surface area contributed by atoms with Crippen LogP contribution < -0.4 is 15.8 Å². The van der Waals surface area contributed by atoms with Gasteiger partial charge in [0.05, 0.1) is 12.7 Å². The quantitative estimate of drug-likeness (QED) is 0.291. The molecule has 0 atom stereocenters. The van der Waals surface area contributed by atoms with E-state index in [4.69, 9.17) is 15.9 Å². The molecule has 0 heterocycles. The van der Waals surface area contributed by atoms with Crippen LogP contribution in [-0.4, -0.2) is 36.6 Å². The molecule has 0 aliphatic heterocycles. The average Bonchev–Trinajstić information content (AvgIpc) is 3.43. The fourth-order valence-electron chi connectivity index (χ4n) is 2.27. The van der Waals surface area contributed by atoms with E-state index < -0.39 is 0 Å². The van der Waals surface area contributed by atoms with Gasteiger partial charge >= 0.3 is 0 Å². The summed E-state index contributed by atoms with van der Waals surface area (Å²) in [5.74, 6) is -0.0265. The zero-order valence-corrected chi connectivity index (χ0v) is 14.3. The normalized spacial score (nSPS) is 14.2. The smallest absolute Gasteiger partial charge is 0.259 e. The highest BCUT2D eigenvalue weighted by Crippen LogP contribution is 2.26. The van der Waals surface area contributed by atoms with Gasteiger partial charge in [0.25, 0.3) is 5.91 Å². The summed E-state index contributed by atoms with van der Waals surface area (Å²) in [6.07, 6.45) is 9.04. The molecule has 1 saturated carbocycles. The number of nitrogens with two attached hydrogens (primary N) is 1. The van der Waals surface area contributed by atoms with Gasteiger partial charge in [0.2, 0.25) is 6.41 Å². The Morgan fingerprint density at radius 2 is 2.16 bits per heavy atom. The molecular weight excluding hydrogens is 320 g/mol. The fourth-order valence-corrected chi connectivity index (χ4v) is 2.27. The van der Waals surface area contributed by atoms with Crippen LogP contribution in [0.2, 0.25) is 0 Å². The van der Waals surface area contributed by atoms with Crippen LogP contribution >= 0.6 is 0 Å². The Morgan fingerprint density at radius 1 is 1.44 bits per heavy atom.